The highest BCUT2D eigenvalue weighted by atomic mass is 19.4. The summed E-state index contributed by atoms with van der Waals surface area (Å²) in [6.45, 7) is 0.932. The average Bonchev–Trinajstić information content (AvgIpc) is 2.18. The minimum absolute atomic E-state index is 0.0628. The molecule has 0 atom stereocenters. The summed E-state index contributed by atoms with van der Waals surface area (Å²) < 4.78 is 40.0. The molecule has 8 heteroatoms. The number of alkyl halides is 3. The lowest BCUT2D eigenvalue weighted by atomic mass is 10.1. The molecular weight excluding hydrogens is 241 g/mol. The Morgan fingerprint density at radius 3 is 2.59 bits per heavy atom. The quantitative estimate of drug-likeness (QED) is 0.847. The van der Waals surface area contributed by atoms with Gasteiger partial charge in [-0.25, -0.2) is 9.78 Å². The summed E-state index contributed by atoms with van der Waals surface area (Å²) >= 11 is 0. The molecule has 0 aliphatic carbocycles. The molecule has 1 aromatic rings. The molecule has 0 amide bonds. The van der Waals surface area contributed by atoms with E-state index in [9.17, 15) is 18.0 Å². The van der Waals surface area contributed by atoms with Crippen molar-refractivity contribution >= 4 is 5.97 Å². The van der Waals surface area contributed by atoms with Crippen molar-refractivity contribution < 1.29 is 27.8 Å². The van der Waals surface area contributed by atoms with Gasteiger partial charge in [0.2, 0.25) is 0 Å². The fraction of sp³-hybridized carbons (Fsp3) is 0.333. The Labute approximate surface area is 94.0 Å². The van der Waals surface area contributed by atoms with Crippen LogP contribution in [-0.4, -0.2) is 22.4 Å². The van der Waals surface area contributed by atoms with Crippen LogP contribution in [0.5, 0.6) is 5.75 Å². The van der Waals surface area contributed by atoms with E-state index in [1.807, 2.05) is 0 Å². The van der Waals surface area contributed by atoms with Crippen LogP contribution in [0.3, 0.4) is 0 Å². The Morgan fingerprint density at radius 2 is 2.18 bits per heavy atom. The fourth-order valence-corrected chi connectivity index (χ4v) is 1.24. The van der Waals surface area contributed by atoms with Crippen LogP contribution in [0.25, 0.3) is 0 Å². The number of carbonyl (C=O) groups is 1. The third kappa shape index (κ3) is 3.31. The topological polar surface area (TPSA) is 85.4 Å². The van der Waals surface area contributed by atoms with Gasteiger partial charge in [0.25, 0.3) is 0 Å². The first-order chi connectivity index (χ1) is 7.74. The van der Waals surface area contributed by atoms with Gasteiger partial charge in [0.15, 0.2) is 5.75 Å². The zero-order valence-electron chi connectivity index (χ0n) is 8.71. The van der Waals surface area contributed by atoms with Crippen molar-refractivity contribution in [1.29, 1.82) is 0 Å². The summed E-state index contributed by atoms with van der Waals surface area (Å²) in [6, 6.07) is 0.955. The second kappa shape index (κ2) is 4.58. The maximum absolute atomic E-state index is 12.1. The van der Waals surface area contributed by atoms with Gasteiger partial charge < -0.3 is 15.6 Å². The molecule has 0 saturated heterocycles. The predicted molar refractivity (Wildman–Crippen MR) is 50.5 cm³/mol. The number of hydrogen-bond donors (Lipinski definition) is 2. The van der Waals surface area contributed by atoms with Gasteiger partial charge in [0.1, 0.15) is 5.69 Å². The van der Waals surface area contributed by atoms with Crippen LogP contribution >= 0.6 is 0 Å². The monoisotopic (exact) mass is 250 g/mol. The van der Waals surface area contributed by atoms with E-state index in [0.717, 1.165) is 6.07 Å². The van der Waals surface area contributed by atoms with Crippen LogP contribution < -0.4 is 10.5 Å². The fourth-order valence-electron chi connectivity index (χ4n) is 1.24. The molecule has 3 N–H and O–H groups in total. The van der Waals surface area contributed by atoms with Crippen LogP contribution in [-0.2, 0) is 6.54 Å². The molecule has 0 spiro atoms. The second-order valence-electron chi connectivity index (χ2n) is 3.14. The molecule has 0 radical (unpaired) electrons. The molecule has 0 saturated carbocycles. The van der Waals surface area contributed by atoms with E-state index in [0.29, 0.717) is 0 Å². The van der Waals surface area contributed by atoms with Crippen molar-refractivity contribution in [2.45, 2.75) is 19.8 Å². The second-order valence-corrected chi connectivity index (χ2v) is 3.14. The number of nitrogens with two attached hydrogens (primary N) is 1. The number of hydrogen-bond acceptors (Lipinski definition) is 4. The lowest BCUT2D eigenvalue weighted by molar-refractivity contribution is -0.275. The summed E-state index contributed by atoms with van der Waals surface area (Å²) in [7, 11) is 0. The van der Waals surface area contributed by atoms with Crippen molar-refractivity contribution in [2.24, 2.45) is 5.73 Å². The zero-order valence-corrected chi connectivity index (χ0v) is 8.71. The predicted octanol–water partition coefficient (Wildman–Crippen LogP) is 1.45. The van der Waals surface area contributed by atoms with Crippen LogP contribution in [0.2, 0.25) is 0 Å². The number of aryl methyl sites for hydroxylation is 1. The number of carboxylic acids is 1. The largest absolute Gasteiger partial charge is 0.573 e. The first kappa shape index (κ1) is 13.2. The number of nitrogens with zero attached hydrogens (tertiary/aromatic N) is 1. The van der Waals surface area contributed by atoms with E-state index in [-0.39, 0.29) is 23.5 Å². The number of aromatic carboxylic acids is 1. The van der Waals surface area contributed by atoms with Crippen LogP contribution in [0.15, 0.2) is 6.07 Å². The normalized spacial score (nSPS) is 11.4. The van der Waals surface area contributed by atoms with Crippen LogP contribution in [0, 0.1) is 6.92 Å². The summed E-state index contributed by atoms with van der Waals surface area (Å²) in [5, 5.41) is 8.69. The van der Waals surface area contributed by atoms with Crippen molar-refractivity contribution in [3.05, 3.63) is 23.0 Å². The van der Waals surface area contributed by atoms with Crippen molar-refractivity contribution in [3.8, 4) is 5.75 Å². The van der Waals surface area contributed by atoms with E-state index in [1.54, 1.807) is 0 Å². The molecule has 0 fully saturated rings. The van der Waals surface area contributed by atoms with Gasteiger partial charge in [-0.3, -0.25) is 0 Å². The Kier molecular flexibility index (Phi) is 3.56. The van der Waals surface area contributed by atoms with Crippen molar-refractivity contribution in [1.82, 2.24) is 4.98 Å². The van der Waals surface area contributed by atoms with Gasteiger partial charge in [-0.05, 0) is 13.0 Å². The number of rotatable bonds is 3. The highest BCUT2D eigenvalue weighted by Crippen LogP contribution is 2.29. The molecule has 0 aliphatic rings. The Bertz CT molecular complexity index is 446. The van der Waals surface area contributed by atoms with Crippen molar-refractivity contribution in [3.63, 3.8) is 0 Å². The molecule has 0 bridgehead atoms. The Balaban J connectivity index is 3.26. The molecule has 17 heavy (non-hydrogen) atoms. The SMILES string of the molecule is Cc1nc(C(=O)O)cc(CN)c1OC(F)(F)F. The highest BCUT2D eigenvalue weighted by molar-refractivity contribution is 5.85. The molecule has 1 rings (SSSR count). The highest BCUT2D eigenvalue weighted by Gasteiger charge is 2.33. The average molecular weight is 250 g/mol. The standard InChI is InChI=1S/C9H9F3N2O3/c1-4-7(17-9(10,11)12)5(3-13)2-6(14-4)8(15)16/h2H,3,13H2,1H3,(H,15,16). The maximum Gasteiger partial charge on any atom is 0.573 e. The molecule has 0 unspecified atom stereocenters. The number of ether oxygens (including phenoxy) is 1. The minimum atomic E-state index is -4.87. The summed E-state index contributed by atoms with van der Waals surface area (Å²) in [6.07, 6.45) is -4.87. The smallest absolute Gasteiger partial charge is 0.477 e. The molecule has 0 aliphatic heterocycles. The lowest BCUT2D eigenvalue weighted by Crippen LogP contribution is -2.20. The van der Waals surface area contributed by atoms with E-state index in [1.165, 1.54) is 6.92 Å². The van der Waals surface area contributed by atoms with Gasteiger partial charge in [0, 0.05) is 12.1 Å². The van der Waals surface area contributed by atoms with Crippen molar-refractivity contribution in [2.75, 3.05) is 0 Å². The number of halogens is 3. The number of aromatic nitrogens is 1. The van der Waals surface area contributed by atoms with Gasteiger partial charge >= 0.3 is 12.3 Å². The zero-order chi connectivity index (χ0) is 13.2. The first-order valence-electron chi connectivity index (χ1n) is 4.44. The van der Waals surface area contributed by atoms with Gasteiger partial charge in [0.05, 0.1) is 5.69 Å². The maximum atomic E-state index is 12.1. The van der Waals surface area contributed by atoms with E-state index < -0.39 is 18.1 Å². The van der Waals surface area contributed by atoms with Gasteiger partial charge in [-0.15, -0.1) is 13.2 Å². The van der Waals surface area contributed by atoms with E-state index in [4.69, 9.17) is 10.8 Å². The molecule has 1 aromatic heterocycles. The Hall–Kier alpha value is -1.83. The Morgan fingerprint density at radius 1 is 1.59 bits per heavy atom. The molecule has 0 aromatic carbocycles. The molecule has 1 heterocycles. The van der Waals surface area contributed by atoms with Gasteiger partial charge in [-0.2, -0.15) is 0 Å². The van der Waals surface area contributed by atoms with Crippen LogP contribution in [0.1, 0.15) is 21.7 Å². The third-order valence-corrected chi connectivity index (χ3v) is 1.88. The molecule has 5 nitrogen and oxygen atoms in total. The van der Waals surface area contributed by atoms with Crippen LogP contribution in [0.4, 0.5) is 13.2 Å². The molecule has 94 valence electrons. The third-order valence-electron chi connectivity index (χ3n) is 1.88. The summed E-state index contributed by atoms with van der Waals surface area (Å²) in [5.74, 6) is -1.90. The van der Waals surface area contributed by atoms with E-state index in [2.05, 4.69) is 9.72 Å². The van der Waals surface area contributed by atoms with E-state index >= 15 is 0 Å². The van der Waals surface area contributed by atoms with Gasteiger partial charge in [-0.1, -0.05) is 0 Å². The molecular formula is C9H9F3N2O3. The minimum Gasteiger partial charge on any atom is -0.477 e. The number of pyridine rings is 1. The number of carboxylic acid groups (broad SMARTS) is 1. The summed E-state index contributed by atoms with van der Waals surface area (Å²) in [4.78, 5) is 14.1. The summed E-state index contributed by atoms with van der Waals surface area (Å²) in [5.41, 5.74) is 4.62. The lowest BCUT2D eigenvalue weighted by Gasteiger charge is -2.14. The first-order valence-corrected chi connectivity index (χ1v) is 4.44.